The van der Waals surface area contributed by atoms with Crippen molar-refractivity contribution in [1.29, 1.82) is 0 Å². The maximum absolute atomic E-state index is 11.1. The summed E-state index contributed by atoms with van der Waals surface area (Å²) in [6.45, 7) is 51.2. The summed E-state index contributed by atoms with van der Waals surface area (Å²) in [5, 5.41) is 65.5. The van der Waals surface area contributed by atoms with E-state index in [1.165, 1.54) is 130 Å². The van der Waals surface area contributed by atoms with E-state index in [4.69, 9.17) is 45.6 Å². The SMILES string of the molecule is C/C=C(\CC(=O)O)C(C)=O.C=C(CC(=O)CCC)C(C)=O.C=C(CC(=O)O)C(=O)OCC.C=C(CC(=O)O)C(C)=O.C=C(CC(=O)OC)C(=O)O.C=C(CC(=O)OC)C(=O)OC.C=C(CC(=O)OCC)C(C)=O.C=C(CC(=O)OCCCCCCCC)C(=O)O.C=C(CC(C)=O)C(=O)O.CC(=O)/C(C)=C/C(=O)O.CC(=O)CC(=O)O.CCOC(=O)CC(=O)OCC.COC(=O)/C=C/C(=O)OC.COC(=O)CC(=O)OC. The summed E-state index contributed by atoms with van der Waals surface area (Å²) in [4.78, 5) is 290. The predicted molar refractivity (Wildman–Crippen MR) is 516 cm³/mol. The third kappa shape index (κ3) is 139. The molecule has 0 aromatic rings. The van der Waals surface area contributed by atoms with Gasteiger partial charge in [-0.25, -0.2) is 38.4 Å². The van der Waals surface area contributed by atoms with E-state index in [1.54, 1.807) is 34.6 Å². The number of methoxy groups -OCH3 is 7. The molecule has 0 aliphatic carbocycles. The van der Waals surface area contributed by atoms with Crippen LogP contribution in [0, 0.1) is 0 Å². The minimum atomic E-state index is -1.18. The van der Waals surface area contributed by atoms with Crippen LogP contribution in [0.25, 0.3) is 0 Å². The predicted octanol–water partition coefficient (Wildman–Crippen LogP) is 9.93. The number of carboxylic acids is 8. The number of carbonyl (C=O) groups is 28. The van der Waals surface area contributed by atoms with Crippen molar-refractivity contribution in [3.63, 3.8) is 0 Å². The topological polar surface area (TPSA) is 751 Å². The number of Topliss-reactive ketones (excluding diaryl/α,β-unsaturated/α-hetero) is 8. The van der Waals surface area contributed by atoms with Crippen LogP contribution in [0.5, 0.6) is 0 Å². The highest BCUT2D eigenvalue weighted by molar-refractivity contribution is 6.02. The molecule has 0 aliphatic rings. The number of carboxylic acid groups (broad SMARTS) is 8. The number of hydrogen-bond acceptors (Lipinski definition) is 40. The number of unbranched alkanes of at least 4 members (excludes halogenated alkanes) is 5. The van der Waals surface area contributed by atoms with Gasteiger partial charge >= 0.3 is 119 Å². The van der Waals surface area contributed by atoms with Gasteiger partial charge < -0.3 is 97.7 Å². The lowest BCUT2D eigenvalue weighted by atomic mass is 10.1. The van der Waals surface area contributed by atoms with E-state index in [1.807, 2.05) is 6.92 Å². The van der Waals surface area contributed by atoms with Gasteiger partial charge in [0, 0.05) is 70.9 Å². The molecule has 0 spiro atoms. The highest BCUT2D eigenvalue weighted by Gasteiger charge is 2.17. The monoisotopic (exact) mass is 2080 g/mol. The van der Waals surface area contributed by atoms with Crippen LogP contribution in [0.2, 0.25) is 0 Å². The average Bonchev–Trinajstić information content (AvgIpc) is 0.960. The Morgan fingerprint density at radius 3 is 0.807 bits per heavy atom. The van der Waals surface area contributed by atoms with Crippen molar-refractivity contribution in [3.05, 3.63) is 133 Å². The van der Waals surface area contributed by atoms with Gasteiger partial charge in [-0.3, -0.25) is 95.9 Å². The van der Waals surface area contributed by atoms with Gasteiger partial charge in [-0.1, -0.05) is 105 Å². The molecule has 0 aliphatic heterocycles. The summed E-state index contributed by atoms with van der Waals surface area (Å²) in [5.74, 6) is -16.6. The van der Waals surface area contributed by atoms with Gasteiger partial charge in [-0.05, 0) is 125 Å². The van der Waals surface area contributed by atoms with Crippen LogP contribution in [-0.4, -0.2) is 289 Å². The maximum Gasteiger partial charge on any atom is 0.333 e. The molecule has 0 aromatic carbocycles. The first kappa shape index (κ1) is 160. The van der Waals surface area contributed by atoms with E-state index in [0.29, 0.717) is 36.4 Å². The molecule has 0 unspecified atom stereocenters. The zero-order valence-corrected chi connectivity index (χ0v) is 86.6. The number of hydrogen-bond donors (Lipinski definition) is 8. The molecule has 48 nitrogen and oxygen atoms in total. The van der Waals surface area contributed by atoms with Gasteiger partial charge in [0.2, 0.25) is 0 Å². The van der Waals surface area contributed by atoms with Gasteiger partial charge in [-0.15, -0.1) is 0 Å². The fourth-order valence-corrected chi connectivity index (χ4v) is 6.73. The number of allylic oxidation sites excluding steroid dienone is 3. The Morgan fingerprint density at radius 2 is 0.552 bits per heavy atom. The van der Waals surface area contributed by atoms with Crippen LogP contribution in [0.1, 0.15) is 232 Å². The fraction of sp³-hybridized carbons (Fsp3) is 0.485. The number of esters is 12. The summed E-state index contributed by atoms with van der Waals surface area (Å²) in [5.41, 5.74) is 1.20. The van der Waals surface area contributed by atoms with Crippen LogP contribution in [-0.2, 0) is 191 Å². The quantitative estimate of drug-likeness (QED) is 0.00922. The fourth-order valence-electron chi connectivity index (χ4n) is 6.73. The van der Waals surface area contributed by atoms with Crippen molar-refractivity contribution in [2.24, 2.45) is 0 Å². The zero-order chi connectivity index (χ0) is 117. The smallest absolute Gasteiger partial charge is 0.333 e. The first-order chi connectivity index (χ1) is 66.9. The molecule has 8 N–H and O–H groups in total. The molecule has 145 heavy (non-hydrogen) atoms. The molecule has 0 bridgehead atoms. The number of carbonyl (C=O) groups excluding carboxylic acids is 20. The summed E-state index contributed by atoms with van der Waals surface area (Å²) in [6.07, 6.45) is 10.3. The van der Waals surface area contributed by atoms with Crippen molar-refractivity contribution in [2.45, 2.75) is 232 Å². The van der Waals surface area contributed by atoms with Crippen LogP contribution < -0.4 is 0 Å². The Labute approximate surface area is 842 Å². The number of aliphatic carboxylic acids is 8. The Kier molecular flexibility index (Phi) is 118. The molecule has 48 heteroatoms. The van der Waals surface area contributed by atoms with E-state index >= 15 is 0 Å². The van der Waals surface area contributed by atoms with Crippen molar-refractivity contribution in [3.8, 4) is 0 Å². The first-order valence-corrected chi connectivity index (χ1v) is 42.5. The Morgan fingerprint density at radius 1 is 0.262 bits per heavy atom. The molecule has 0 saturated heterocycles. The van der Waals surface area contributed by atoms with Crippen LogP contribution >= 0.6 is 0 Å². The third-order valence-electron chi connectivity index (χ3n) is 14.4. The van der Waals surface area contributed by atoms with Crippen molar-refractivity contribution >= 4 is 166 Å². The van der Waals surface area contributed by atoms with Gasteiger partial charge in [0.1, 0.15) is 36.6 Å². The first-order valence-electron chi connectivity index (χ1n) is 42.5. The summed E-state index contributed by atoms with van der Waals surface area (Å²) >= 11 is 0. The second-order valence-corrected chi connectivity index (χ2v) is 27.2. The van der Waals surface area contributed by atoms with Gasteiger partial charge in [0.15, 0.2) is 28.9 Å². The Hall–Kier alpha value is -16.1. The highest BCUT2D eigenvalue weighted by Crippen LogP contribution is 2.10. The Balaban J connectivity index is -0.000000107. The average molecular weight is 2080 g/mol. The molecule has 820 valence electrons. The molecule has 0 fully saturated rings. The molecule has 0 atom stereocenters. The third-order valence-corrected chi connectivity index (χ3v) is 14.4. The molecule has 0 rings (SSSR count). The molecule has 0 heterocycles. The van der Waals surface area contributed by atoms with Crippen LogP contribution in [0.4, 0.5) is 0 Å². The normalized spacial score (nSPS) is 9.20. The van der Waals surface area contributed by atoms with E-state index in [-0.39, 0.29) is 182 Å². The number of rotatable bonds is 50. The molecular formula is C97H144O48. The minimum absolute atomic E-state index is 0.00315. The number of ketones is 8. The summed E-state index contributed by atoms with van der Waals surface area (Å²) in [6, 6.07) is 0. The number of ether oxygens (including phenoxy) is 12. The zero-order valence-electron chi connectivity index (χ0n) is 86.6. The maximum atomic E-state index is 11.1. The second kappa shape index (κ2) is 107. The molecule has 0 amide bonds. The van der Waals surface area contributed by atoms with Gasteiger partial charge in [-0.2, -0.15) is 0 Å². The summed E-state index contributed by atoms with van der Waals surface area (Å²) < 4.78 is 52.7. The van der Waals surface area contributed by atoms with Gasteiger partial charge in [0.25, 0.3) is 0 Å². The van der Waals surface area contributed by atoms with Crippen molar-refractivity contribution in [2.75, 3.05) is 82.8 Å². The molecule has 0 saturated carbocycles. The molecule has 0 aromatic heterocycles. The molecule has 0 radical (unpaired) electrons. The van der Waals surface area contributed by atoms with Gasteiger partial charge in [0.05, 0.1) is 128 Å². The van der Waals surface area contributed by atoms with Crippen molar-refractivity contribution in [1.82, 2.24) is 0 Å². The van der Waals surface area contributed by atoms with Crippen LogP contribution in [0.3, 0.4) is 0 Å². The Bertz CT molecular complexity index is 4270. The lowest BCUT2D eigenvalue weighted by molar-refractivity contribution is -0.155. The largest absolute Gasteiger partial charge is 0.481 e. The molecular weight excluding hydrogens is 1930 g/mol. The van der Waals surface area contributed by atoms with Crippen LogP contribution in [0.15, 0.2) is 133 Å². The minimum Gasteiger partial charge on any atom is -0.481 e. The lowest BCUT2D eigenvalue weighted by Crippen LogP contribution is -2.13. The van der Waals surface area contributed by atoms with E-state index < -0.39 is 119 Å². The lowest BCUT2D eigenvalue weighted by Gasteiger charge is -2.04. The highest BCUT2D eigenvalue weighted by atomic mass is 16.6. The van der Waals surface area contributed by atoms with E-state index in [0.717, 1.165) is 43.9 Å². The second-order valence-electron chi connectivity index (χ2n) is 27.2. The summed E-state index contributed by atoms with van der Waals surface area (Å²) in [7, 11) is 8.54. The van der Waals surface area contributed by atoms with Crippen molar-refractivity contribution < 1.29 is 232 Å². The standard InChI is InChI=1S/C13H22O4.C9H14O2.C8H12O3.2C7H10O4.C7H12O4.C7H10O3.2C6H8O4.3C6H8O3.C5H8O4.C4H6O3/c1-3-4-5-6-7-8-9-17-12(14)10-11(2)13(15)16;1-4-5-9(11)6-7(2)8(3)10;1-4-11-8(10)5-6(2)7(3)9;1-5(7(9)11-3)4-6(8)10-2;1-3-11-7(10)5(2)4-6(8)9;1-3-10-6(8)5-7(9)11-4-2;1-3-6(5(2)8)4-7(9)10;1-9-5(7)3-4-6(8)10-2;1-4(6(8)9)3-5(7)10-2;2*1-4(5(2)7)3-6(8)9;1-4(6(8)9)3-5(2)7;1-8-4(6)3-5(7)9-2;1-3(5)2-4(6)7/h2-10H2,1H3,(H,15,16);2,4-6H2,1,3H3;2,4-5H2,1,3H3;1,4H2,2-3H3;2-4H2,1H3,(H,8,9);3-5H2,1-2H3;3H,4H2,1-2H3,(H,9,10);3-4H,1-2H3;1,3H2,2H3,(H,8,9);3H,1-2H3,(H,8,9);2*1,3H2,2H3,(H,8,9);3H2,1-2H3;2H2,1H3,(H,6,7)/b;;;;;;6-3+;4-3+;;4-3+;;;;. The van der Waals surface area contributed by atoms with E-state index in [9.17, 15) is 134 Å². The van der Waals surface area contributed by atoms with E-state index in [2.05, 4.69) is 112 Å².